The highest BCUT2D eigenvalue weighted by Gasteiger charge is 2.46. The van der Waals surface area contributed by atoms with Crippen LogP contribution in [-0.2, 0) is 18.7 Å². The number of hydrogen-bond donors (Lipinski definition) is 4. The van der Waals surface area contributed by atoms with Crippen LogP contribution in [0.4, 0.5) is 0 Å². The van der Waals surface area contributed by atoms with E-state index < -0.39 is 44.1 Å². The number of ether oxygens (including phenoxy) is 1. The predicted molar refractivity (Wildman–Crippen MR) is 173 cm³/mol. The molecule has 2 aromatic heterocycles. The van der Waals surface area contributed by atoms with Gasteiger partial charge in [0.05, 0.1) is 29.0 Å². The average molecular weight is 650 g/mol. The van der Waals surface area contributed by atoms with Gasteiger partial charge in [-0.3, -0.25) is 23.6 Å². The summed E-state index contributed by atoms with van der Waals surface area (Å²) < 4.78 is 19.6. The average Bonchev–Trinajstić information content (AvgIpc) is 3.66. The fourth-order valence-corrected chi connectivity index (χ4v) is 8.04. The Labute approximate surface area is 264 Å². The molecular weight excluding hydrogens is 615 g/mol. The van der Waals surface area contributed by atoms with Gasteiger partial charge in [-0.1, -0.05) is 33.0 Å². The molecule has 0 saturated carbocycles. The van der Waals surface area contributed by atoms with Crippen LogP contribution < -0.4 is 15.4 Å². The highest BCUT2D eigenvalue weighted by atomic mass is 32.3. The number of carbonyl (C=O) groups is 3. The lowest BCUT2D eigenvalue weighted by atomic mass is 10.1. The summed E-state index contributed by atoms with van der Waals surface area (Å²) in [4.78, 5) is 50.8. The zero-order valence-electron chi connectivity index (χ0n) is 25.1. The smallest absolute Gasteiger partial charge is 0.251 e. The van der Waals surface area contributed by atoms with Gasteiger partial charge in [-0.15, -0.1) is 0 Å². The van der Waals surface area contributed by atoms with Crippen LogP contribution in [0.25, 0.3) is 10.9 Å². The standard InChI is InChI=1S/C32H35N5O6S2/c1-45(2,3,42)21-14-25(32(41)36-24(18-38)23-12-20-15-33-11-10-22(20)35-23)37(17-21)30(39)16-34-31(40)19-8-9-29-27(13-19)43-26-6-4-5-7-28(26)44-29/h4-13,15,21,24-25,35,38H,14,16-18H2,1-3H3,(H,34,40)(H,36,41)/t21-,24-,25+/m1/s1. The Morgan fingerprint density at radius 2 is 1.89 bits per heavy atom. The number of carbonyl (C=O) groups excluding carboxylic acids is 3. The lowest BCUT2D eigenvalue weighted by Gasteiger charge is -2.35. The Bertz CT molecular complexity index is 1840. The van der Waals surface area contributed by atoms with Crippen molar-refractivity contribution >= 4 is 49.5 Å². The van der Waals surface area contributed by atoms with Gasteiger partial charge in [0.15, 0.2) is 0 Å². The number of para-hydroxylation sites is 1. The van der Waals surface area contributed by atoms with Crippen molar-refractivity contribution in [1.29, 1.82) is 0 Å². The van der Waals surface area contributed by atoms with Crippen molar-refractivity contribution in [3.63, 3.8) is 0 Å². The third kappa shape index (κ3) is 6.46. The Kier molecular flexibility index (Phi) is 7.96. The Morgan fingerprint density at radius 1 is 1.11 bits per heavy atom. The summed E-state index contributed by atoms with van der Waals surface area (Å²) in [6, 6.07) is 14.7. The minimum atomic E-state index is -3.17. The number of aromatic nitrogens is 2. The molecule has 0 radical (unpaired) electrons. The number of rotatable bonds is 8. The largest absolute Gasteiger partial charge is 0.455 e. The molecule has 0 spiro atoms. The van der Waals surface area contributed by atoms with Crippen LogP contribution in [0.5, 0.6) is 11.5 Å². The zero-order valence-corrected chi connectivity index (χ0v) is 26.7. The molecule has 1 saturated heterocycles. The molecule has 236 valence electrons. The van der Waals surface area contributed by atoms with E-state index in [1.807, 2.05) is 24.3 Å². The van der Waals surface area contributed by atoms with E-state index in [0.29, 0.717) is 22.8 Å². The van der Waals surface area contributed by atoms with Gasteiger partial charge < -0.3 is 30.4 Å². The van der Waals surface area contributed by atoms with Crippen molar-refractivity contribution in [3.8, 4) is 11.5 Å². The summed E-state index contributed by atoms with van der Waals surface area (Å²) in [5.74, 6) is -0.158. The second kappa shape index (κ2) is 11.6. The van der Waals surface area contributed by atoms with Gasteiger partial charge >= 0.3 is 0 Å². The highest BCUT2D eigenvalue weighted by Crippen LogP contribution is 2.47. The van der Waals surface area contributed by atoms with E-state index in [1.165, 1.54) is 4.90 Å². The quantitative estimate of drug-likeness (QED) is 0.200. The molecule has 3 amide bonds. The molecular formula is C32H35N5O6S2. The highest BCUT2D eigenvalue weighted by molar-refractivity contribution is 8.18. The maximum Gasteiger partial charge on any atom is 0.251 e. The van der Waals surface area contributed by atoms with Gasteiger partial charge in [-0.2, -0.15) is 0 Å². The van der Waals surface area contributed by atoms with Crippen LogP contribution in [0.15, 0.2) is 76.8 Å². The summed E-state index contributed by atoms with van der Waals surface area (Å²) in [5.41, 5.74) is 1.72. The second-order valence-corrected chi connectivity index (χ2v) is 19.2. The molecule has 0 aliphatic carbocycles. The number of fused-ring (bicyclic) bond motifs is 3. The van der Waals surface area contributed by atoms with E-state index in [4.69, 9.17) is 4.74 Å². The monoisotopic (exact) mass is 649 g/mol. The topological polar surface area (TPSA) is 154 Å². The molecule has 2 aliphatic rings. The van der Waals surface area contributed by atoms with Crippen molar-refractivity contribution in [2.24, 2.45) is 0 Å². The molecule has 3 atom stereocenters. The number of hydrogen-bond acceptors (Lipinski definition) is 8. The van der Waals surface area contributed by atoms with Crippen molar-refractivity contribution in [3.05, 3.63) is 78.2 Å². The van der Waals surface area contributed by atoms with E-state index in [9.17, 15) is 23.7 Å². The molecule has 4 heterocycles. The van der Waals surface area contributed by atoms with Crippen molar-refractivity contribution in [2.45, 2.75) is 33.5 Å². The van der Waals surface area contributed by atoms with E-state index in [1.54, 1.807) is 73.3 Å². The number of aromatic amines is 1. The number of likely N-dealkylation sites (tertiary alicyclic amines) is 1. The lowest BCUT2D eigenvalue weighted by molar-refractivity contribution is -0.138. The molecule has 11 nitrogen and oxygen atoms in total. The zero-order chi connectivity index (χ0) is 32.0. The van der Waals surface area contributed by atoms with Crippen LogP contribution in [0, 0.1) is 0 Å². The number of pyridine rings is 1. The van der Waals surface area contributed by atoms with Gasteiger partial charge in [0.2, 0.25) is 11.8 Å². The maximum atomic E-state index is 13.6. The van der Waals surface area contributed by atoms with Gasteiger partial charge in [0.25, 0.3) is 5.91 Å². The van der Waals surface area contributed by atoms with E-state index in [2.05, 4.69) is 20.6 Å². The van der Waals surface area contributed by atoms with Crippen LogP contribution in [0.3, 0.4) is 0 Å². The van der Waals surface area contributed by atoms with Gasteiger partial charge in [0.1, 0.15) is 17.5 Å². The number of aliphatic hydroxyl groups excluding tert-OH is 1. The third-order valence-electron chi connectivity index (χ3n) is 8.23. The van der Waals surface area contributed by atoms with E-state index >= 15 is 0 Å². The Balaban J connectivity index is 1.15. The second-order valence-electron chi connectivity index (χ2n) is 12.4. The van der Waals surface area contributed by atoms with Gasteiger partial charge in [-0.25, -0.2) is 0 Å². The minimum Gasteiger partial charge on any atom is -0.455 e. The number of aliphatic hydroxyl groups is 1. The van der Waals surface area contributed by atoms with Crippen LogP contribution in [0.2, 0.25) is 0 Å². The first-order valence-electron chi connectivity index (χ1n) is 14.4. The minimum absolute atomic E-state index is 0.104. The molecule has 4 N–H and O–H groups in total. The fraction of sp³-hybridized carbons (Fsp3) is 0.312. The van der Waals surface area contributed by atoms with Crippen molar-refractivity contribution < 1.29 is 28.4 Å². The molecule has 45 heavy (non-hydrogen) atoms. The number of H-pyrrole nitrogens is 1. The van der Waals surface area contributed by atoms with Crippen molar-refractivity contribution in [2.75, 3.05) is 38.5 Å². The fourth-order valence-electron chi connectivity index (χ4n) is 5.60. The SMILES string of the molecule is CS(C)(C)(=O)[C@@H]1C[C@@H](C(=O)N[C@H](CO)c2cc3cnccc3[nH]2)N(C(=O)CNC(=O)c2ccc3c(c2)Oc2ccccc2S3)C1. The van der Waals surface area contributed by atoms with Crippen LogP contribution >= 0.6 is 11.8 Å². The first-order valence-corrected chi connectivity index (χ1v) is 18.5. The first-order chi connectivity index (χ1) is 21.4. The molecule has 0 bridgehead atoms. The lowest BCUT2D eigenvalue weighted by Crippen LogP contribution is -2.50. The first kappa shape index (κ1) is 30.8. The molecule has 2 aromatic carbocycles. The number of nitrogens with one attached hydrogen (secondary N) is 3. The van der Waals surface area contributed by atoms with Crippen LogP contribution in [-0.4, -0.2) is 91.7 Å². The molecule has 1 fully saturated rings. The number of benzene rings is 2. The third-order valence-corrected chi connectivity index (χ3v) is 12.0. The Hall–Kier alpha value is -4.20. The molecule has 2 aliphatic heterocycles. The Morgan fingerprint density at radius 3 is 2.64 bits per heavy atom. The summed E-state index contributed by atoms with van der Waals surface area (Å²) in [6.07, 6.45) is 8.50. The maximum absolute atomic E-state index is 13.6. The van der Waals surface area contributed by atoms with E-state index in [-0.39, 0.29) is 26.1 Å². The number of nitrogens with zero attached hydrogens (tertiary/aromatic N) is 2. The molecule has 13 heteroatoms. The van der Waals surface area contributed by atoms with Gasteiger partial charge in [0, 0.05) is 46.3 Å². The normalized spacial score (nSPS) is 19.0. The molecule has 4 aromatic rings. The number of amides is 3. The molecule has 0 unspecified atom stereocenters. The molecule has 6 rings (SSSR count). The van der Waals surface area contributed by atoms with Crippen molar-refractivity contribution in [1.82, 2.24) is 25.5 Å². The summed E-state index contributed by atoms with van der Waals surface area (Å²) in [7, 11) is -3.17. The van der Waals surface area contributed by atoms with Gasteiger partial charge in [-0.05, 0) is 67.7 Å². The summed E-state index contributed by atoms with van der Waals surface area (Å²) in [6.45, 7) is -0.630. The van der Waals surface area contributed by atoms with E-state index in [0.717, 1.165) is 20.7 Å². The predicted octanol–water partition coefficient (Wildman–Crippen LogP) is 3.08. The summed E-state index contributed by atoms with van der Waals surface area (Å²) >= 11 is 1.55. The summed E-state index contributed by atoms with van der Waals surface area (Å²) in [5, 5.41) is 16.1. The van der Waals surface area contributed by atoms with Crippen LogP contribution in [0.1, 0.15) is 28.5 Å².